The number of rotatable bonds is 14. The van der Waals surface area contributed by atoms with Crippen LogP contribution in [0.5, 0.6) is 0 Å². The third-order valence-corrected chi connectivity index (χ3v) is 3.43. The summed E-state index contributed by atoms with van der Waals surface area (Å²) in [5.74, 6) is 0.165. The molecule has 0 aromatic heterocycles. The van der Waals surface area contributed by atoms with Crippen LogP contribution in [-0.2, 0) is 14.3 Å². The molecule has 0 aliphatic rings. The van der Waals surface area contributed by atoms with E-state index in [4.69, 9.17) is 5.11 Å². The zero-order chi connectivity index (χ0) is 15.1. The molecule has 0 aliphatic heterocycles. The van der Waals surface area contributed by atoms with Crippen molar-refractivity contribution in [3.8, 4) is 0 Å². The van der Waals surface area contributed by atoms with Gasteiger partial charge in [0.25, 0.3) is 0 Å². The molecule has 0 aromatic rings. The lowest BCUT2D eigenvalue weighted by Gasteiger charge is -2.02. The summed E-state index contributed by atoms with van der Waals surface area (Å²) in [5, 5.41) is 8.61. The standard InChI is InChI=1S/C16H30O4/c1-20-16(19)13-9-7-5-3-2-4-6-8-11-15(18)12-10-14-17/h17H,2-14H2,1H3. The van der Waals surface area contributed by atoms with E-state index in [0.717, 1.165) is 25.7 Å². The van der Waals surface area contributed by atoms with Crippen molar-refractivity contribution in [2.45, 2.75) is 77.0 Å². The van der Waals surface area contributed by atoms with E-state index in [1.165, 1.54) is 32.8 Å². The quantitative estimate of drug-likeness (QED) is 0.392. The van der Waals surface area contributed by atoms with Gasteiger partial charge >= 0.3 is 5.97 Å². The van der Waals surface area contributed by atoms with Crippen molar-refractivity contribution in [2.75, 3.05) is 13.7 Å². The molecule has 0 spiro atoms. The van der Waals surface area contributed by atoms with E-state index < -0.39 is 0 Å². The van der Waals surface area contributed by atoms with Gasteiger partial charge in [0, 0.05) is 25.9 Å². The highest BCUT2D eigenvalue weighted by Crippen LogP contribution is 2.11. The van der Waals surface area contributed by atoms with Crippen LogP contribution in [0.25, 0.3) is 0 Å². The highest BCUT2D eigenvalue weighted by molar-refractivity contribution is 5.78. The summed E-state index contributed by atoms with van der Waals surface area (Å²) in [4.78, 5) is 22.2. The molecule has 0 radical (unpaired) electrons. The van der Waals surface area contributed by atoms with Crippen LogP contribution in [0.2, 0.25) is 0 Å². The van der Waals surface area contributed by atoms with Crippen LogP contribution in [0.3, 0.4) is 0 Å². The van der Waals surface area contributed by atoms with E-state index in [1.807, 2.05) is 0 Å². The molecule has 0 atom stereocenters. The second-order valence-corrected chi connectivity index (χ2v) is 5.27. The van der Waals surface area contributed by atoms with Crippen molar-refractivity contribution >= 4 is 11.8 Å². The highest BCUT2D eigenvalue weighted by atomic mass is 16.5. The number of carbonyl (C=O) groups is 2. The molecule has 0 saturated heterocycles. The van der Waals surface area contributed by atoms with Crippen LogP contribution in [0, 0.1) is 0 Å². The summed E-state index contributed by atoms with van der Waals surface area (Å²) in [6, 6.07) is 0. The van der Waals surface area contributed by atoms with Gasteiger partial charge in [-0.3, -0.25) is 9.59 Å². The fourth-order valence-corrected chi connectivity index (χ4v) is 2.16. The summed E-state index contributed by atoms with van der Waals surface area (Å²) in [7, 11) is 1.43. The van der Waals surface area contributed by atoms with Crippen molar-refractivity contribution in [3.63, 3.8) is 0 Å². The third-order valence-electron chi connectivity index (χ3n) is 3.43. The first-order chi connectivity index (χ1) is 9.70. The van der Waals surface area contributed by atoms with E-state index >= 15 is 0 Å². The van der Waals surface area contributed by atoms with Crippen molar-refractivity contribution in [2.24, 2.45) is 0 Å². The maximum Gasteiger partial charge on any atom is 0.305 e. The minimum Gasteiger partial charge on any atom is -0.469 e. The Balaban J connectivity index is 3.13. The second-order valence-electron chi connectivity index (χ2n) is 5.27. The summed E-state index contributed by atoms with van der Waals surface area (Å²) in [6.07, 6.45) is 11.2. The zero-order valence-corrected chi connectivity index (χ0v) is 12.9. The van der Waals surface area contributed by atoms with Crippen LogP contribution in [0.1, 0.15) is 77.0 Å². The number of hydrogen-bond donors (Lipinski definition) is 1. The highest BCUT2D eigenvalue weighted by Gasteiger charge is 2.01. The Kier molecular flexibility index (Phi) is 13.9. The number of methoxy groups -OCH3 is 1. The van der Waals surface area contributed by atoms with Crippen LogP contribution < -0.4 is 0 Å². The molecular formula is C16H30O4. The number of esters is 1. The molecule has 0 aromatic carbocycles. The molecule has 0 fully saturated rings. The molecule has 0 amide bonds. The molecule has 118 valence electrons. The normalized spacial score (nSPS) is 10.5. The number of unbranched alkanes of at least 4 members (excludes halogenated alkanes) is 7. The maximum atomic E-state index is 11.3. The first-order valence-corrected chi connectivity index (χ1v) is 7.90. The number of aliphatic hydroxyl groups is 1. The number of carbonyl (C=O) groups excluding carboxylic acids is 2. The molecule has 0 unspecified atom stereocenters. The van der Waals surface area contributed by atoms with Gasteiger partial charge in [0.15, 0.2) is 0 Å². The van der Waals surface area contributed by atoms with E-state index in [-0.39, 0.29) is 18.4 Å². The number of aliphatic hydroxyl groups excluding tert-OH is 1. The van der Waals surface area contributed by atoms with Gasteiger partial charge in [0.2, 0.25) is 0 Å². The Hall–Kier alpha value is -0.900. The summed E-state index contributed by atoms with van der Waals surface area (Å²) < 4.78 is 4.59. The van der Waals surface area contributed by atoms with Gasteiger partial charge in [0.1, 0.15) is 5.78 Å². The SMILES string of the molecule is COC(=O)CCCCCCCCCCC(=O)CCCO. The molecule has 4 nitrogen and oxygen atoms in total. The predicted molar refractivity (Wildman–Crippen MR) is 79.5 cm³/mol. The molecule has 20 heavy (non-hydrogen) atoms. The Morgan fingerprint density at radius 3 is 1.70 bits per heavy atom. The smallest absolute Gasteiger partial charge is 0.305 e. The predicted octanol–water partition coefficient (Wildman–Crippen LogP) is 3.40. The van der Waals surface area contributed by atoms with Crippen molar-refractivity contribution < 1.29 is 19.4 Å². The van der Waals surface area contributed by atoms with Gasteiger partial charge < -0.3 is 9.84 Å². The van der Waals surface area contributed by atoms with E-state index in [9.17, 15) is 9.59 Å². The molecular weight excluding hydrogens is 256 g/mol. The van der Waals surface area contributed by atoms with Gasteiger partial charge in [-0.25, -0.2) is 0 Å². The monoisotopic (exact) mass is 286 g/mol. The molecule has 0 bridgehead atoms. The number of ether oxygens (including phenoxy) is 1. The minimum absolute atomic E-state index is 0.113. The second kappa shape index (κ2) is 14.5. The molecule has 0 rings (SSSR count). The molecule has 0 heterocycles. The van der Waals surface area contributed by atoms with Crippen LogP contribution in [-0.4, -0.2) is 30.6 Å². The molecule has 0 aliphatic carbocycles. The molecule has 4 heteroatoms. The third kappa shape index (κ3) is 13.5. The van der Waals surface area contributed by atoms with Crippen LogP contribution >= 0.6 is 0 Å². The molecule has 1 N–H and O–H groups in total. The lowest BCUT2D eigenvalue weighted by atomic mass is 10.0. The van der Waals surface area contributed by atoms with Gasteiger partial charge in [-0.2, -0.15) is 0 Å². The summed E-state index contributed by atoms with van der Waals surface area (Å²) in [6.45, 7) is 0.113. The maximum absolute atomic E-state index is 11.3. The topological polar surface area (TPSA) is 63.6 Å². The van der Waals surface area contributed by atoms with Crippen molar-refractivity contribution in [1.82, 2.24) is 0 Å². The fraction of sp³-hybridized carbons (Fsp3) is 0.875. The van der Waals surface area contributed by atoms with Crippen LogP contribution in [0.15, 0.2) is 0 Å². The van der Waals surface area contributed by atoms with Gasteiger partial charge in [-0.05, 0) is 19.3 Å². The first-order valence-electron chi connectivity index (χ1n) is 7.90. The van der Waals surface area contributed by atoms with Crippen molar-refractivity contribution in [1.29, 1.82) is 0 Å². The summed E-state index contributed by atoms with van der Waals surface area (Å²) in [5.41, 5.74) is 0. The van der Waals surface area contributed by atoms with Gasteiger partial charge in [0.05, 0.1) is 7.11 Å². The lowest BCUT2D eigenvalue weighted by Crippen LogP contribution is -1.99. The van der Waals surface area contributed by atoms with Gasteiger partial charge in [-0.1, -0.05) is 38.5 Å². The number of hydrogen-bond acceptors (Lipinski definition) is 4. The van der Waals surface area contributed by atoms with Gasteiger partial charge in [-0.15, -0.1) is 0 Å². The van der Waals surface area contributed by atoms with E-state index in [0.29, 0.717) is 25.7 Å². The van der Waals surface area contributed by atoms with E-state index in [1.54, 1.807) is 0 Å². The lowest BCUT2D eigenvalue weighted by molar-refractivity contribution is -0.140. The van der Waals surface area contributed by atoms with Crippen molar-refractivity contribution in [3.05, 3.63) is 0 Å². The summed E-state index contributed by atoms with van der Waals surface area (Å²) >= 11 is 0. The zero-order valence-electron chi connectivity index (χ0n) is 12.9. The number of ketones is 1. The fourth-order valence-electron chi connectivity index (χ4n) is 2.16. The number of Topliss-reactive ketones (excluding diaryl/α,β-unsaturated/α-hetero) is 1. The largest absolute Gasteiger partial charge is 0.469 e. The Morgan fingerprint density at radius 1 is 0.750 bits per heavy atom. The Bertz CT molecular complexity index is 251. The average molecular weight is 286 g/mol. The Labute approximate surface area is 122 Å². The van der Waals surface area contributed by atoms with E-state index in [2.05, 4.69) is 4.74 Å². The minimum atomic E-state index is -0.115. The van der Waals surface area contributed by atoms with Crippen LogP contribution in [0.4, 0.5) is 0 Å². The Morgan fingerprint density at radius 2 is 1.20 bits per heavy atom. The first kappa shape index (κ1) is 19.1. The molecule has 0 saturated carbocycles. The average Bonchev–Trinajstić information content (AvgIpc) is 2.46.